The number of hydrogen-bond donors (Lipinski definition) is 2. The normalized spacial score (nSPS) is 11.5. The first kappa shape index (κ1) is 19.5. The van der Waals surface area contributed by atoms with Gasteiger partial charge < -0.3 is 15.4 Å². The summed E-state index contributed by atoms with van der Waals surface area (Å²) in [6, 6.07) is 14.4. The molecule has 1 unspecified atom stereocenters. The van der Waals surface area contributed by atoms with E-state index in [4.69, 9.17) is 4.74 Å². The van der Waals surface area contributed by atoms with Gasteiger partial charge in [0.05, 0.1) is 6.61 Å². The van der Waals surface area contributed by atoms with Crippen LogP contribution in [0.15, 0.2) is 48.5 Å². The van der Waals surface area contributed by atoms with Gasteiger partial charge in [-0.05, 0) is 62.2 Å². The highest BCUT2D eigenvalue weighted by Crippen LogP contribution is 2.12. The van der Waals surface area contributed by atoms with E-state index >= 15 is 0 Å². The van der Waals surface area contributed by atoms with Crippen molar-refractivity contribution < 1.29 is 14.3 Å². The molecule has 26 heavy (non-hydrogen) atoms. The van der Waals surface area contributed by atoms with E-state index in [1.807, 2.05) is 32.9 Å². The van der Waals surface area contributed by atoms with Gasteiger partial charge in [-0.1, -0.05) is 19.1 Å². The number of benzene rings is 2. The lowest BCUT2D eigenvalue weighted by molar-refractivity contribution is 0.0936. The molecule has 2 rings (SSSR count). The van der Waals surface area contributed by atoms with Crippen LogP contribution in [0.25, 0.3) is 0 Å². The fraction of sp³-hybridized carbons (Fsp3) is 0.333. The molecule has 0 aromatic heterocycles. The van der Waals surface area contributed by atoms with Crippen LogP contribution in [0.1, 0.15) is 53.5 Å². The summed E-state index contributed by atoms with van der Waals surface area (Å²) in [4.78, 5) is 24.5. The lowest BCUT2D eigenvalue weighted by atomic mass is 10.1. The lowest BCUT2D eigenvalue weighted by Crippen LogP contribution is -2.32. The van der Waals surface area contributed by atoms with Gasteiger partial charge in [0.1, 0.15) is 5.75 Å². The van der Waals surface area contributed by atoms with Crippen molar-refractivity contribution in [3.63, 3.8) is 0 Å². The summed E-state index contributed by atoms with van der Waals surface area (Å²) in [5.74, 6) is 0.477. The summed E-state index contributed by atoms with van der Waals surface area (Å²) < 4.78 is 5.37. The quantitative estimate of drug-likeness (QED) is 0.762. The molecule has 0 heterocycles. The van der Waals surface area contributed by atoms with E-state index in [9.17, 15) is 9.59 Å². The smallest absolute Gasteiger partial charge is 0.251 e. The van der Waals surface area contributed by atoms with Gasteiger partial charge in [0.2, 0.25) is 0 Å². The van der Waals surface area contributed by atoms with Crippen molar-refractivity contribution in [1.29, 1.82) is 0 Å². The van der Waals surface area contributed by atoms with E-state index in [-0.39, 0.29) is 17.9 Å². The fourth-order valence-corrected chi connectivity index (χ4v) is 2.39. The molecule has 1 atom stereocenters. The molecule has 2 aromatic carbocycles. The highest BCUT2D eigenvalue weighted by Gasteiger charge is 2.10. The summed E-state index contributed by atoms with van der Waals surface area (Å²) in [5, 5.41) is 5.81. The molecule has 0 bridgehead atoms. The van der Waals surface area contributed by atoms with Gasteiger partial charge in [-0.3, -0.25) is 9.59 Å². The number of rotatable bonds is 8. The van der Waals surface area contributed by atoms with Crippen LogP contribution < -0.4 is 15.4 Å². The SMILES string of the molecule is CCOc1ccc(C(=O)NCc2cccc(C(=O)NC(C)CC)c2)cc1. The third-order valence-corrected chi connectivity index (χ3v) is 4.06. The van der Waals surface area contributed by atoms with Gasteiger partial charge >= 0.3 is 0 Å². The third-order valence-electron chi connectivity index (χ3n) is 4.06. The van der Waals surface area contributed by atoms with E-state index in [0.717, 1.165) is 17.7 Å². The molecular formula is C21H26N2O3. The Morgan fingerprint density at radius 1 is 1.00 bits per heavy atom. The van der Waals surface area contributed by atoms with Crippen molar-refractivity contribution >= 4 is 11.8 Å². The number of nitrogens with one attached hydrogen (secondary N) is 2. The molecule has 2 N–H and O–H groups in total. The van der Waals surface area contributed by atoms with Crippen molar-refractivity contribution in [3.8, 4) is 5.75 Å². The highest BCUT2D eigenvalue weighted by molar-refractivity contribution is 5.95. The van der Waals surface area contributed by atoms with Crippen molar-refractivity contribution in [2.24, 2.45) is 0 Å². The van der Waals surface area contributed by atoms with Crippen LogP contribution in [0.3, 0.4) is 0 Å². The van der Waals surface area contributed by atoms with Crippen molar-refractivity contribution in [1.82, 2.24) is 10.6 Å². The maximum Gasteiger partial charge on any atom is 0.251 e. The predicted molar refractivity (Wildman–Crippen MR) is 102 cm³/mol. The van der Waals surface area contributed by atoms with Gasteiger partial charge in [0, 0.05) is 23.7 Å². The molecule has 2 aromatic rings. The Morgan fingerprint density at radius 2 is 1.73 bits per heavy atom. The summed E-state index contributed by atoms with van der Waals surface area (Å²) in [7, 11) is 0. The molecule has 0 aliphatic heterocycles. The Hall–Kier alpha value is -2.82. The molecule has 0 aliphatic rings. The Labute approximate surface area is 154 Å². The Kier molecular flexibility index (Phi) is 7.21. The van der Waals surface area contributed by atoms with Gasteiger partial charge in [-0.15, -0.1) is 0 Å². The molecule has 2 amide bonds. The number of hydrogen-bond acceptors (Lipinski definition) is 3. The molecule has 0 saturated heterocycles. The topological polar surface area (TPSA) is 67.4 Å². The van der Waals surface area contributed by atoms with Gasteiger partial charge in [-0.25, -0.2) is 0 Å². The first-order valence-corrected chi connectivity index (χ1v) is 8.94. The molecule has 0 aliphatic carbocycles. The molecule has 0 fully saturated rings. The van der Waals surface area contributed by atoms with Gasteiger partial charge in [0.15, 0.2) is 0 Å². The minimum absolute atomic E-state index is 0.0981. The van der Waals surface area contributed by atoms with E-state index in [0.29, 0.717) is 24.3 Å². The first-order chi connectivity index (χ1) is 12.5. The lowest BCUT2D eigenvalue weighted by Gasteiger charge is -2.12. The standard InChI is InChI=1S/C21H26N2O3/c1-4-15(3)23-21(25)18-8-6-7-16(13-18)14-22-20(24)17-9-11-19(12-10-17)26-5-2/h6-13,15H,4-5,14H2,1-3H3,(H,22,24)(H,23,25). The summed E-state index contributed by atoms with van der Waals surface area (Å²) in [6.07, 6.45) is 0.879. The van der Waals surface area contributed by atoms with Crippen LogP contribution in [-0.2, 0) is 6.54 Å². The molecule has 0 spiro atoms. The van der Waals surface area contributed by atoms with E-state index in [2.05, 4.69) is 10.6 Å². The van der Waals surface area contributed by atoms with Crippen LogP contribution >= 0.6 is 0 Å². The summed E-state index contributed by atoms with van der Waals surface area (Å²) >= 11 is 0. The molecule has 138 valence electrons. The third kappa shape index (κ3) is 5.62. The minimum Gasteiger partial charge on any atom is -0.494 e. The van der Waals surface area contributed by atoms with Crippen molar-refractivity contribution in [2.45, 2.75) is 39.8 Å². The maximum absolute atomic E-state index is 12.3. The fourth-order valence-electron chi connectivity index (χ4n) is 2.39. The van der Waals surface area contributed by atoms with E-state index in [1.54, 1.807) is 36.4 Å². The largest absolute Gasteiger partial charge is 0.494 e. The zero-order valence-electron chi connectivity index (χ0n) is 15.5. The average Bonchev–Trinajstić information content (AvgIpc) is 2.67. The highest BCUT2D eigenvalue weighted by atomic mass is 16.5. The van der Waals surface area contributed by atoms with Crippen molar-refractivity contribution in [3.05, 3.63) is 65.2 Å². The second kappa shape index (κ2) is 9.61. The molecule has 0 radical (unpaired) electrons. The minimum atomic E-state index is -0.164. The Bertz CT molecular complexity index is 741. The van der Waals surface area contributed by atoms with E-state index < -0.39 is 0 Å². The summed E-state index contributed by atoms with van der Waals surface area (Å²) in [5.41, 5.74) is 2.04. The first-order valence-electron chi connectivity index (χ1n) is 8.94. The van der Waals surface area contributed by atoms with Crippen LogP contribution in [0.2, 0.25) is 0 Å². The molecule has 5 nitrogen and oxygen atoms in total. The zero-order valence-corrected chi connectivity index (χ0v) is 15.5. The van der Waals surface area contributed by atoms with Crippen LogP contribution in [-0.4, -0.2) is 24.5 Å². The molecule has 0 saturated carbocycles. The second-order valence-corrected chi connectivity index (χ2v) is 6.12. The van der Waals surface area contributed by atoms with Crippen molar-refractivity contribution in [2.75, 3.05) is 6.61 Å². The zero-order chi connectivity index (χ0) is 18.9. The van der Waals surface area contributed by atoms with Crippen LogP contribution in [0.5, 0.6) is 5.75 Å². The number of amides is 2. The maximum atomic E-state index is 12.3. The average molecular weight is 354 g/mol. The Morgan fingerprint density at radius 3 is 2.38 bits per heavy atom. The Balaban J connectivity index is 1.95. The second-order valence-electron chi connectivity index (χ2n) is 6.12. The molecular weight excluding hydrogens is 328 g/mol. The van der Waals surface area contributed by atoms with E-state index in [1.165, 1.54) is 0 Å². The monoisotopic (exact) mass is 354 g/mol. The predicted octanol–water partition coefficient (Wildman–Crippen LogP) is 3.54. The number of carbonyl (C=O) groups excluding carboxylic acids is 2. The number of ether oxygens (including phenoxy) is 1. The van der Waals surface area contributed by atoms with Gasteiger partial charge in [-0.2, -0.15) is 0 Å². The van der Waals surface area contributed by atoms with Crippen LogP contribution in [0, 0.1) is 0 Å². The summed E-state index contributed by atoms with van der Waals surface area (Å²) in [6.45, 7) is 6.86. The van der Waals surface area contributed by atoms with Gasteiger partial charge in [0.25, 0.3) is 11.8 Å². The number of carbonyl (C=O) groups is 2. The molecule has 5 heteroatoms. The van der Waals surface area contributed by atoms with Crippen LogP contribution in [0.4, 0.5) is 0 Å².